The highest BCUT2D eigenvalue weighted by Gasteiger charge is 2.28. The molecule has 0 saturated heterocycles. The normalized spacial score (nSPS) is 23.9. The fourth-order valence-electron chi connectivity index (χ4n) is 2.36. The van der Waals surface area contributed by atoms with Gasteiger partial charge in [0.15, 0.2) is 0 Å². The average Bonchev–Trinajstić information content (AvgIpc) is 2.15. The van der Waals surface area contributed by atoms with Crippen LogP contribution in [0.3, 0.4) is 0 Å². The molecule has 1 aromatic heterocycles. The molecule has 1 aromatic rings. The quantitative estimate of drug-likeness (QED) is 0.760. The molecule has 0 aromatic carbocycles. The maximum absolute atomic E-state index is 9.83. The summed E-state index contributed by atoms with van der Waals surface area (Å²) in [7, 11) is 0. The van der Waals surface area contributed by atoms with Gasteiger partial charge in [-0.2, -0.15) is 0 Å². The van der Waals surface area contributed by atoms with Gasteiger partial charge in [0, 0.05) is 23.6 Å². The fourth-order valence-corrected chi connectivity index (χ4v) is 2.36. The van der Waals surface area contributed by atoms with E-state index >= 15 is 0 Å². The minimum Gasteiger partial charge on any atom is -0.398 e. The van der Waals surface area contributed by atoms with E-state index in [1.807, 2.05) is 6.08 Å². The van der Waals surface area contributed by atoms with Crippen molar-refractivity contribution in [2.24, 2.45) is 5.41 Å². The third-order valence-electron chi connectivity index (χ3n) is 3.03. The number of aliphatic hydroxyl groups excluding tert-OH is 1. The summed E-state index contributed by atoms with van der Waals surface area (Å²) in [6.45, 7) is 4.32. The number of rotatable bonds is 1. The average molecular weight is 218 g/mol. The first kappa shape index (κ1) is 11.1. The van der Waals surface area contributed by atoms with Gasteiger partial charge in [0.25, 0.3) is 0 Å². The van der Waals surface area contributed by atoms with Crippen LogP contribution in [0.4, 0.5) is 5.69 Å². The van der Waals surface area contributed by atoms with Gasteiger partial charge in [0.05, 0.1) is 6.10 Å². The molecule has 1 heterocycles. The number of aromatic nitrogens is 1. The lowest BCUT2D eigenvalue weighted by Gasteiger charge is -2.32. The molecule has 2 rings (SSSR count). The fraction of sp³-hybridized carbons (Fsp3) is 0.462. The van der Waals surface area contributed by atoms with Crippen LogP contribution >= 0.6 is 0 Å². The number of hydrogen-bond donors (Lipinski definition) is 2. The van der Waals surface area contributed by atoms with Crippen LogP contribution in [0.2, 0.25) is 0 Å². The zero-order valence-electron chi connectivity index (χ0n) is 9.77. The van der Waals surface area contributed by atoms with Gasteiger partial charge in [0.2, 0.25) is 0 Å². The number of hydrogen-bond acceptors (Lipinski definition) is 3. The van der Waals surface area contributed by atoms with E-state index < -0.39 is 0 Å². The number of nitrogens with zero attached hydrogens (tertiary/aromatic N) is 1. The lowest BCUT2D eigenvalue weighted by molar-refractivity contribution is 0.146. The molecular weight excluding hydrogens is 200 g/mol. The van der Waals surface area contributed by atoms with E-state index in [2.05, 4.69) is 18.8 Å². The van der Waals surface area contributed by atoms with Crippen molar-refractivity contribution in [2.75, 3.05) is 5.73 Å². The summed E-state index contributed by atoms with van der Waals surface area (Å²) in [4.78, 5) is 4.09. The summed E-state index contributed by atoms with van der Waals surface area (Å²) in [6.07, 6.45) is 6.72. The predicted molar refractivity (Wildman–Crippen MR) is 65.6 cm³/mol. The zero-order valence-corrected chi connectivity index (χ0v) is 9.77. The topological polar surface area (TPSA) is 59.1 Å². The van der Waals surface area contributed by atoms with E-state index in [9.17, 15) is 5.11 Å². The van der Waals surface area contributed by atoms with Gasteiger partial charge in [-0.25, -0.2) is 0 Å². The summed E-state index contributed by atoms with van der Waals surface area (Å²) >= 11 is 0. The van der Waals surface area contributed by atoms with Crippen molar-refractivity contribution in [2.45, 2.75) is 32.8 Å². The minimum atomic E-state index is -0.377. The van der Waals surface area contributed by atoms with Gasteiger partial charge in [0.1, 0.15) is 0 Å². The Kier molecular flexibility index (Phi) is 2.72. The molecule has 3 nitrogen and oxygen atoms in total. The first-order valence-electron chi connectivity index (χ1n) is 5.56. The van der Waals surface area contributed by atoms with Crippen LogP contribution in [0.1, 0.15) is 32.3 Å². The monoisotopic (exact) mass is 218 g/mol. The Hall–Kier alpha value is -1.35. The van der Waals surface area contributed by atoms with E-state index in [0.717, 1.165) is 29.7 Å². The van der Waals surface area contributed by atoms with Crippen LogP contribution in [-0.4, -0.2) is 16.2 Å². The van der Waals surface area contributed by atoms with Crippen LogP contribution in [0.5, 0.6) is 0 Å². The van der Waals surface area contributed by atoms with Gasteiger partial charge < -0.3 is 10.8 Å². The first-order chi connectivity index (χ1) is 7.48. The summed E-state index contributed by atoms with van der Waals surface area (Å²) in [5.74, 6) is 0. The molecule has 3 heteroatoms. The highest BCUT2D eigenvalue weighted by atomic mass is 16.3. The molecule has 1 aliphatic carbocycles. The standard InChI is InChI=1S/C13H18N2O/c1-13(2)6-9(5-10(16)7-13)11-8-15-4-3-12(11)14/h3-5,8,10,16H,6-7H2,1-2H3,(H2,14,15). The Labute approximate surface area is 96.0 Å². The summed E-state index contributed by atoms with van der Waals surface area (Å²) in [5.41, 5.74) is 8.83. The third kappa shape index (κ3) is 2.25. The van der Waals surface area contributed by atoms with E-state index in [1.54, 1.807) is 18.5 Å². The Balaban J connectivity index is 2.38. The van der Waals surface area contributed by atoms with Gasteiger partial charge in [-0.05, 0) is 29.9 Å². The van der Waals surface area contributed by atoms with E-state index in [1.165, 1.54) is 0 Å². The molecule has 0 amide bonds. The second-order valence-electron chi connectivity index (χ2n) is 5.27. The molecule has 16 heavy (non-hydrogen) atoms. The van der Waals surface area contributed by atoms with Crippen molar-refractivity contribution >= 4 is 11.3 Å². The van der Waals surface area contributed by atoms with Crippen LogP contribution in [0.25, 0.3) is 5.57 Å². The first-order valence-corrected chi connectivity index (χ1v) is 5.56. The Morgan fingerprint density at radius 1 is 1.50 bits per heavy atom. The second-order valence-corrected chi connectivity index (χ2v) is 5.27. The number of pyridine rings is 1. The summed E-state index contributed by atoms with van der Waals surface area (Å²) in [5, 5.41) is 9.83. The zero-order chi connectivity index (χ0) is 11.8. The number of aliphatic hydroxyl groups is 1. The van der Waals surface area contributed by atoms with Gasteiger partial charge in [-0.3, -0.25) is 4.98 Å². The minimum absolute atomic E-state index is 0.117. The molecule has 0 saturated carbocycles. The van der Waals surface area contributed by atoms with Gasteiger partial charge in [-0.1, -0.05) is 19.9 Å². The maximum Gasteiger partial charge on any atom is 0.0732 e. The molecule has 86 valence electrons. The molecule has 1 aliphatic rings. The van der Waals surface area contributed by atoms with E-state index in [-0.39, 0.29) is 11.5 Å². The highest BCUT2D eigenvalue weighted by Crippen LogP contribution is 2.40. The van der Waals surface area contributed by atoms with Crippen LogP contribution in [0.15, 0.2) is 24.5 Å². The van der Waals surface area contributed by atoms with Crippen molar-refractivity contribution in [3.05, 3.63) is 30.1 Å². The van der Waals surface area contributed by atoms with Crippen LogP contribution in [0, 0.1) is 5.41 Å². The SMILES string of the molecule is CC1(C)CC(c2cnccc2N)=CC(O)C1. The molecule has 0 bridgehead atoms. The lowest BCUT2D eigenvalue weighted by atomic mass is 9.74. The molecule has 1 atom stereocenters. The number of nitrogen functional groups attached to an aromatic ring is 1. The van der Waals surface area contributed by atoms with Crippen LogP contribution in [-0.2, 0) is 0 Å². The Bertz CT molecular complexity index is 424. The maximum atomic E-state index is 9.83. The van der Waals surface area contributed by atoms with Gasteiger partial charge in [-0.15, -0.1) is 0 Å². The largest absolute Gasteiger partial charge is 0.398 e. The van der Waals surface area contributed by atoms with Crippen molar-refractivity contribution in [1.29, 1.82) is 0 Å². The molecule has 0 aliphatic heterocycles. The Morgan fingerprint density at radius 3 is 2.88 bits per heavy atom. The molecule has 1 unspecified atom stereocenters. The van der Waals surface area contributed by atoms with E-state index in [4.69, 9.17) is 5.73 Å². The summed E-state index contributed by atoms with van der Waals surface area (Å²) < 4.78 is 0. The van der Waals surface area contributed by atoms with Crippen molar-refractivity contribution < 1.29 is 5.11 Å². The summed E-state index contributed by atoms with van der Waals surface area (Å²) in [6, 6.07) is 1.80. The highest BCUT2D eigenvalue weighted by molar-refractivity contribution is 5.75. The Morgan fingerprint density at radius 2 is 2.25 bits per heavy atom. The molecule has 3 N–H and O–H groups in total. The molecule has 0 radical (unpaired) electrons. The number of nitrogens with two attached hydrogens (primary N) is 1. The second kappa shape index (κ2) is 3.91. The molecular formula is C13H18N2O. The van der Waals surface area contributed by atoms with Crippen molar-refractivity contribution in [3.8, 4) is 0 Å². The predicted octanol–water partition coefficient (Wildman–Crippen LogP) is 2.23. The van der Waals surface area contributed by atoms with Crippen molar-refractivity contribution in [1.82, 2.24) is 4.98 Å². The van der Waals surface area contributed by atoms with Gasteiger partial charge >= 0.3 is 0 Å². The third-order valence-corrected chi connectivity index (χ3v) is 3.03. The number of allylic oxidation sites excluding steroid dienone is 1. The van der Waals surface area contributed by atoms with E-state index in [0.29, 0.717) is 0 Å². The molecule has 0 spiro atoms. The lowest BCUT2D eigenvalue weighted by Crippen LogP contribution is -2.24. The van der Waals surface area contributed by atoms with Crippen molar-refractivity contribution in [3.63, 3.8) is 0 Å². The number of anilines is 1. The van der Waals surface area contributed by atoms with Crippen LogP contribution < -0.4 is 5.73 Å². The smallest absolute Gasteiger partial charge is 0.0732 e. The molecule has 0 fully saturated rings.